The highest BCUT2D eigenvalue weighted by atomic mass is 16.2. The third kappa shape index (κ3) is 2.97. The summed E-state index contributed by atoms with van der Waals surface area (Å²) in [5, 5.41) is 8.93. The van der Waals surface area contributed by atoms with Crippen molar-refractivity contribution in [2.45, 2.75) is 26.3 Å². The quantitative estimate of drug-likeness (QED) is 0.760. The van der Waals surface area contributed by atoms with Crippen LogP contribution in [0.25, 0.3) is 11.0 Å². The van der Waals surface area contributed by atoms with E-state index in [2.05, 4.69) is 54.4 Å². The molecule has 3 aromatic rings. The molecule has 0 fully saturated rings. The lowest BCUT2D eigenvalue weighted by Gasteiger charge is -2.07. The summed E-state index contributed by atoms with van der Waals surface area (Å²) in [5.74, 6) is 0.537. The number of nitrogens with zero attached hydrogens (tertiary/aromatic N) is 2. The van der Waals surface area contributed by atoms with Crippen molar-refractivity contribution in [3.63, 3.8) is 0 Å². The van der Waals surface area contributed by atoms with E-state index in [4.69, 9.17) is 10.8 Å². The van der Waals surface area contributed by atoms with Gasteiger partial charge in [0.15, 0.2) is 0 Å². The highest BCUT2D eigenvalue weighted by Crippen LogP contribution is 2.21. The molecule has 1 aromatic heterocycles. The van der Waals surface area contributed by atoms with Crippen LogP contribution in [0, 0.1) is 6.92 Å². The number of aliphatic hydroxyl groups excluding tert-OH is 1. The van der Waals surface area contributed by atoms with Crippen molar-refractivity contribution >= 4 is 17.0 Å². The fourth-order valence-corrected chi connectivity index (χ4v) is 2.67. The van der Waals surface area contributed by atoms with E-state index in [1.165, 1.54) is 16.7 Å². The molecule has 3 N–H and O–H groups in total. The minimum atomic E-state index is 0.210. The smallest absolute Gasteiger partial charge is 0.201 e. The zero-order valence-corrected chi connectivity index (χ0v) is 12.8. The number of hydrogen-bond donors (Lipinski definition) is 2. The lowest BCUT2D eigenvalue weighted by atomic mass is 10.1. The fraction of sp³-hybridized carbons (Fsp3) is 0.278. The Hall–Kier alpha value is -2.33. The lowest BCUT2D eigenvalue weighted by molar-refractivity contribution is 0.288. The van der Waals surface area contributed by atoms with Gasteiger partial charge in [0, 0.05) is 6.61 Å². The van der Waals surface area contributed by atoms with Crippen LogP contribution in [-0.2, 0) is 13.0 Å². The first-order valence-electron chi connectivity index (χ1n) is 7.58. The second kappa shape index (κ2) is 6.20. The summed E-state index contributed by atoms with van der Waals surface area (Å²) in [5.41, 5.74) is 11.7. The van der Waals surface area contributed by atoms with Gasteiger partial charge < -0.3 is 15.4 Å². The molecule has 22 heavy (non-hydrogen) atoms. The Morgan fingerprint density at radius 3 is 2.55 bits per heavy atom. The molecule has 0 saturated carbocycles. The highest BCUT2D eigenvalue weighted by molar-refractivity contribution is 5.79. The number of nitrogen functional groups attached to an aromatic ring is 1. The van der Waals surface area contributed by atoms with E-state index >= 15 is 0 Å². The van der Waals surface area contributed by atoms with Gasteiger partial charge in [-0.1, -0.05) is 35.9 Å². The first kappa shape index (κ1) is 14.6. The summed E-state index contributed by atoms with van der Waals surface area (Å²) in [6.07, 6.45) is 1.63. The zero-order valence-electron chi connectivity index (χ0n) is 12.8. The largest absolute Gasteiger partial charge is 0.396 e. The first-order chi connectivity index (χ1) is 10.7. The van der Waals surface area contributed by atoms with Crippen LogP contribution in [-0.4, -0.2) is 21.3 Å². The number of fused-ring (bicyclic) bond motifs is 1. The van der Waals surface area contributed by atoms with Crippen LogP contribution in [0.2, 0.25) is 0 Å². The highest BCUT2D eigenvalue weighted by Gasteiger charge is 2.09. The first-order valence-corrected chi connectivity index (χ1v) is 7.58. The second-order valence-corrected chi connectivity index (χ2v) is 5.69. The number of aliphatic hydroxyl groups is 1. The van der Waals surface area contributed by atoms with Crippen molar-refractivity contribution in [2.24, 2.45) is 0 Å². The maximum atomic E-state index is 8.93. The van der Waals surface area contributed by atoms with Crippen LogP contribution in [0.5, 0.6) is 0 Å². The van der Waals surface area contributed by atoms with E-state index in [1.807, 2.05) is 4.57 Å². The summed E-state index contributed by atoms with van der Waals surface area (Å²) in [6, 6.07) is 14.7. The van der Waals surface area contributed by atoms with E-state index in [0.717, 1.165) is 30.4 Å². The van der Waals surface area contributed by atoms with E-state index in [-0.39, 0.29) is 6.61 Å². The number of anilines is 1. The van der Waals surface area contributed by atoms with Crippen molar-refractivity contribution in [1.29, 1.82) is 0 Å². The molecule has 0 radical (unpaired) electrons. The van der Waals surface area contributed by atoms with Crippen LogP contribution in [0.15, 0.2) is 42.5 Å². The molecular formula is C18H21N3O. The van der Waals surface area contributed by atoms with Crippen LogP contribution in [0.4, 0.5) is 5.95 Å². The molecule has 2 aromatic carbocycles. The number of nitrogens with two attached hydrogens (primary N) is 1. The molecule has 0 aliphatic rings. The number of aryl methyl sites for hydroxylation is 2. The van der Waals surface area contributed by atoms with Gasteiger partial charge in [-0.05, 0) is 43.0 Å². The van der Waals surface area contributed by atoms with E-state index in [9.17, 15) is 0 Å². The predicted molar refractivity (Wildman–Crippen MR) is 89.8 cm³/mol. The number of hydrogen-bond acceptors (Lipinski definition) is 3. The summed E-state index contributed by atoms with van der Waals surface area (Å²) >= 11 is 0. The molecule has 0 spiro atoms. The van der Waals surface area contributed by atoms with Gasteiger partial charge in [0.2, 0.25) is 5.95 Å². The van der Waals surface area contributed by atoms with Crippen molar-refractivity contribution < 1.29 is 5.11 Å². The topological polar surface area (TPSA) is 64.1 Å². The second-order valence-electron chi connectivity index (χ2n) is 5.69. The monoisotopic (exact) mass is 295 g/mol. The van der Waals surface area contributed by atoms with Crippen LogP contribution in [0.3, 0.4) is 0 Å². The summed E-state index contributed by atoms with van der Waals surface area (Å²) in [7, 11) is 0. The molecule has 0 aliphatic heterocycles. The van der Waals surface area contributed by atoms with Crippen molar-refractivity contribution in [3.05, 3.63) is 59.2 Å². The molecule has 3 rings (SSSR count). The van der Waals surface area contributed by atoms with Gasteiger partial charge in [0.25, 0.3) is 0 Å². The minimum absolute atomic E-state index is 0.210. The number of imidazole rings is 1. The van der Waals surface area contributed by atoms with Crippen molar-refractivity contribution in [1.82, 2.24) is 9.55 Å². The molecule has 0 atom stereocenters. The van der Waals surface area contributed by atoms with Gasteiger partial charge in [-0.2, -0.15) is 0 Å². The number of benzene rings is 2. The van der Waals surface area contributed by atoms with E-state index in [1.54, 1.807) is 0 Å². The van der Waals surface area contributed by atoms with Crippen LogP contribution in [0.1, 0.15) is 23.1 Å². The average molecular weight is 295 g/mol. The van der Waals surface area contributed by atoms with Gasteiger partial charge in [-0.25, -0.2) is 4.98 Å². The van der Waals surface area contributed by atoms with Crippen molar-refractivity contribution in [3.8, 4) is 0 Å². The van der Waals surface area contributed by atoms with E-state index < -0.39 is 0 Å². The Labute approximate surface area is 130 Å². The average Bonchev–Trinajstić information content (AvgIpc) is 2.82. The third-order valence-corrected chi connectivity index (χ3v) is 3.93. The number of rotatable bonds is 5. The zero-order chi connectivity index (χ0) is 15.5. The third-order valence-electron chi connectivity index (χ3n) is 3.93. The molecule has 0 amide bonds. The van der Waals surface area contributed by atoms with E-state index in [0.29, 0.717) is 5.95 Å². The molecule has 0 unspecified atom stereocenters. The van der Waals surface area contributed by atoms with Gasteiger partial charge in [-0.3, -0.25) is 0 Å². The molecule has 4 nitrogen and oxygen atoms in total. The fourth-order valence-electron chi connectivity index (χ4n) is 2.67. The Kier molecular flexibility index (Phi) is 4.11. The lowest BCUT2D eigenvalue weighted by Crippen LogP contribution is -2.04. The van der Waals surface area contributed by atoms with Crippen molar-refractivity contribution in [2.75, 3.05) is 12.3 Å². The number of aromatic nitrogens is 2. The van der Waals surface area contributed by atoms with Gasteiger partial charge >= 0.3 is 0 Å². The Bertz CT molecular complexity index is 775. The maximum Gasteiger partial charge on any atom is 0.201 e. The van der Waals surface area contributed by atoms with Crippen LogP contribution < -0.4 is 5.73 Å². The van der Waals surface area contributed by atoms with Crippen LogP contribution >= 0.6 is 0 Å². The Morgan fingerprint density at radius 1 is 1.09 bits per heavy atom. The molecule has 4 heteroatoms. The molecular weight excluding hydrogens is 274 g/mol. The summed E-state index contributed by atoms with van der Waals surface area (Å²) in [6.45, 7) is 3.01. The minimum Gasteiger partial charge on any atom is -0.396 e. The molecule has 0 saturated heterocycles. The normalized spacial score (nSPS) is 11.2. The van der Waals surface area contributed by atoms with Gasteiger partial charge in [0.1, 0.15) is 0 Å². The SMILES string of the molecule is Cc1ccc(Cn2c(N)nc3cc(CCCO)ccc32)cc1. The van der Waals surface area contributed by atoms with Gasteiger partial charge in [-0.15, -0.1) is 0 Å². The summed E-state index contributed by atoms with van der Waals surface area (Å²) < 4.78 is 2.04. The molecule has 114 valence electrons. The molecule has 0 bridgehead atoms. The molecule has 1 heterocycles. The Balaban J connectivity index is 1.92. The maximum absolute atomic E-state index is 8.93. The Morgan fingerprint density at radius 2 is 1.82 bits per heavy atom. The predicted octanol–water partition coefficient (Wildman–Crippen LogP) is 2.90. The summed E-state index contributed by atoms with van der Waals surface area (Å²) in [4.78, 5) is 4.47. The standard InChI is InChI=1S/C18H21N3O/c1-13-4-6-15(7-5-13)12-21-17-9-8-14(3-2-10-22)11-16(17)20-18(21)19/h4-9,11,22H,2-3,10,12H2,1H3,(H2,19,20). The molecule has 0 aliphatic carbocycles. The van der Waals surface area contributed by atoms with Gasteiger partial charge in [0.05, 0.1) is 17.6 Å².